The number of likely N-dealkylation sites (N-methyl/N-ethyl adjacent to an activating group) is 1. The zero-order chi connectivity index (χ0) is 71.2. The smallest absolute Gasteiger partial charge is 0.320 e. The molecule has 6 aliphatic rings. The Labute approximate surface area is 590 Å². The molecule has 0 radical (unpaired) electrons. The van der Waals surface area contributed by atoms with Gasteiger partial charge in [-0.15, -0.1) is 0 Å². The van der Waals surface area contributed by atoms with Gasteiger partial charge < -0.3 is 104 Å². The molecule has 0 aromatic heterocycles. The highest BCUT2D eigenvalue weighted by molar-refractivity contribution is 14.1. The molecule has 2 bridgehead atoms. The van der Waals surface area contributed by atoms with E-state index in [4.69, 9.17) is 72.5 Å². The van der Waals surface area contributed by atoms with Gasteiger partial charge in [-0.25, -0.2) is 0 Å². The van der Waals surface area contributed by atoms with Crippen molar-refractivity contribution >= 4 is 84.7 Å². The molecule has 1 aromatic carbocycles. The van der Waals surface area contributed by atoms with Gasteiger partial charge in [0.1, 0.15) is 42.7 Å². The van der Waals surface area contributed by atoms with Crippen molar-refractivity contribution in [2.75, 3.05) is 61.0 Å². The summed E-state index contributed by atoms with van der Waals surface area (Å²) >= 11 is 2.80. The number of methoxy groups -OCH3 is 5. The van der Waals surface area contributed by atoms with Crippen LogP contribution in [0.1, 0.15) is 102 Å². The first-order valence-electron chi connectivity index (χ1n) is 31.7. The summed E-state index contributed by atoms with van der Waals surface area (Å²) in [6.07, 6.45) is -13.5. The topological polar surface area (TPSA) is 389 Å². The predicted molar refractivity (Wildman–Crippen MR) is 364 cm³/mol. The fraction of sp³-hybridized carbons (Fsp3) is 0.677. The number of hydroxylamine groups is 1. The van der Waals surface area contributed by atoms with Crippen molar-refractivity contribution in [2.24, 2.45) is 5.73 Å². The predicted octanol–water partition coefficient (Wildman–Crippen LogP) is 2.65. The minimum absolute atomic E-state index is 0.0114. The molecular weight excluding hydrogens is 1440 g/mol. The Hall–Kier alpha value is -4.19. The number of carbonyl (C=O) groups is 5. The summed E-state index contributed by atoms with van der Waals surface area (Å²) in [6.45, 7) is 13.5. The Balaban J connectivity index is 1.11. The molecule has 4 heterocycles. The van der Waals surface area contributed by atoms with Gasteiger partial charge in [-0.05, 0) is 101 Å². The molecule has 20 atom stereocenters. The van der Waals surface area contributed by atoms with Crippen molar-refractivity contribution in [3.8, 4) is 40.9 Å². The van der Waals surface area contributed by atoms with Gasteiger partial charge in [0.15, 0.2) is 41.8 Å². The maximum absolute atomic E-state index is 14.5. The molecule has 4 fully saturated rings. The van der Waals surface area contributed by atoms with Crippen LogP contribution in [-0.2, 0) is 66.6 Å². The largest absolute Gasteiger partial charge is 0.492 e. The number of aliphatic carboxylic acids is 1. The first kappa shape index (κ1) is 80.1. The summed E-state index contributed by atoms with van der Waals surface area (Å²) < 4.78 is 72.6. The molecule has 97 heavy (non-hydrogen) atoms. The summed E-state index contributed by atoms with van der Waals surface area (Å²) in [5, 5.41) is 72.7. The van der Waals surface area contributed by atoms with Crippen LogP contribution in [0.25, 0.3) is 0 Å². The normalized spacial score (nSPS) is 33.1. The van der Waals surface area contributed by atoms with Crippen LogP contribution < -0.4 is 36.1 Å². The number of carbonyl (C=O) groups excluding carboxylic acids is 4. The van der Waals surface area contributed by atoms with E-state index in [0.29, 0.717) is 28.6 Å². The number of allylic oxidation sites excluding steroid dienone is 2. The number of carboxylic acid groups (broad SMARTS) is 1. The highest BCUT2D eigenvalue weighted by Gasteiger charge is 2.52. The summed E-state index contributed by atoms with van der Waals surface area (Å²) in [4.78, 5) is 72.0. The Morgan fingerprint density at radius 2 is 1.61 bits per heavy atom. The summed E-state index contributed by atoms with van der Waals surface area (Å²) in [7, 11) is 9.68. The molecule has 0 unspecified atom stereocenters. The van der Waals surface area contributed by atoms with E-state index in [9.17, 15) is 49.5 Å². The van der Waals surface area contributed by atoms with Crippen LogP contribution >= 0.6 is 55.9 Å². The number of ketones is 1. The zero-order valence-corrected chi connectivity index (χ0v) is 60.8. The molecule has 540 valence electrons. The third-order valence-electron chi connectivity index (χ3n) is 17.2. The second kappa shape index (κ2) is 36.6. The van der Waals surface area contributed by atoms with E-state index in [-0.39, 0.29) is 89.5 Å². The lowest BCUT2D eigenvalue weighted by atomic mass is 9.72. The van der Waals surface area contributed by atoms with Gasteiger partial charge in [0.25, 0.3) is 0 Å². The summed E-state index contributed by atoms with van der Waals surface area (Å²) in [5.41, 5.74) is 6.95. The van der Waals surface area contributed by atoms with Crippen molar-refractivity contribution in [1.82, 2.24) is 16.1 Å². The Kier molecular flexibility index (Phi) is 30.2. The molecule has 32 heteroatoms. The average Bonchev–Trinajstić information content (AvgIpc) is 0.766. The van der Waals surface area contributed by atoms with E-state index in [2.05, 4.69) is 39.8 Å². The Bertz CT molecular complexity index is 3160. The SMILES string of the molecule is CCN[C@H]1CO[C@@H](O[C@H]2[C@H](O[C@H]3C#C/C=C\C#C[C@]4(O)CC(=O)C(CC(=O)OC)=C3/C4=C\CSSC(C)(C)CCNC(=O)CC[C@H](N)C(=O)O)O[C@H](C)[C@@H](NO[C@H]3C[C@H](O)[C@H](SC(=O)c4c(C)c(I)c(O[C@@H]5O[C@@H](C)[C@H](O)[C@@H](OC)[C@H]5O)c(OC)c4OC)[C@@H](C)O3)[C@H]2O)C[C@@H]1OC. The lowest BCUT2D eigenvalue weighted by Crippen LogP contribution is -2.65. The minimum Gasteiger partial charge on any atom is -0.492 e. The number of rotatable bonds is 30. The number of Topliss-reactive ketones (excluding diaryl/α,β-unsaturated/α-hetero) is 1. The van der Waals surface area contributed by atoms with E-state index in [1.807, 2.05) is 43.4 Å². The van der Waals surface area contributed by atoms with E-state index < -0.39 is 156 Å². The number of aliphatic hydroxyl groups excluding tert-OH is 4. The van der Waals surface area contributed by atoms with E-state index >= 15 is 0 Å². The van der Waals surface area contributed by atoms with Crippen LogP contribution in [0.5, 0.6) is 17.2 Å². The quantitative estimate of drug-likeness (QED) is 0.0132. The molecular formula is C65H91IN4O24S3. The van der Waals surface area contributed by atoms with Gasteiger partial charge in [-0.2, -0.15) is 5.48 Å². The number of amides is 1. The number of nitrogens with one attached hydrogen (secondary N) is 3. The number of thioether (sulfide) groups is 1. The minimum atomic E-state index is -2.14. The van der Waals surface area contributed by atoms with Gasteiger partial charge >= 0.3 is 11.9 Å². The van der Waals surface area contributed by atoms with Gasteiger partial charge in [0, 0.05) is 67.2 Å². The van der Waals surface area contributed by atoms with Crippen LogP contribution in [0.15, 0.2) is 34.9 Å². The molecule has 1 amide bonds. The second-order valence-electron chi connectivity index (χ2n) is 24.5. The van der Waals surface area contributed by atoms with Crippen molar-refractivity contribution in [1.29, 1.82) is 0 Å². The third kappa shape index (κ3) is 20.1. The van der Waals surface area contributed by atoms with Crippen molar-refractivity contribution in [2.45, 2.75) is 219 Å². The number of benzene rings is 1. The average molecular weight is 1540 g/mol. The fourth-order valence-corrected chi connectivity index (χ4v) is 16.1. The molecule has 4 saturated heterocycles. The van der Waals surface area contributed by atoms with Crippen LogP contribution in [-0.4, -0.2) is 246 Å². The monoisotopic (exact) mass is 1530 g/mol. The lowest BCUT2D eigenvalue weighted by Gasteiger charge is -2.46. The Morgan fingerprint density at radius 1 is 0.897 bits per heavy atom. The first-order valence-corrected chi connectivity index (χ1v) is 36.0. The number of hydrogen-bond donors (Lipinski definition) is 10. The van der Waals surface area contributed by atoms with E-state index in [1.165, 1.54) is 62.2 Å². The summed E-state index contributed by atoms with van der Waals surface area (Å²) in [6, 6.07) is -2.50. The van der Waals surface area contributed by atoms with Crippen LogP contribution in [0, 0.1) is 34.2 Å². The van der Waals surface area contributed by atoms with Crippen LogP contribution in [0.4, 0.5) is 0 Å². The van der Waals surface area contributed by atoms with Gasteiger partial charge in [-0.1, -0.05) is 70.0 Å². The zero-order valence-electron chi connectivity index (χ0n) is 56.2. The van der Waals surface area contributed by atoms with Crippen molar-refractivity contribution < 1.29 is 116 Å². The molecule has 7 rings (SSSR count). The van der Waals surface area contributed by atoms with Gasteiger partial charge in [0.05, 0.1) is 97.8 Å². The van der Waals surface area contributed by atoms with Crippen molar-refractivity contribution in [3.63, 3.8) is 0 Å². The van der Waals surface area contributed by atoms with Gasteiger partial charge in [0.2, 0.25) is 23.1 Å². The lowest BCUT2D eigenvalue weighted by molar-refractivity contribution is -0.336. The Morgan fingerprint density at radius 3 is 2.27 bits per heavy atom. The highest BCUT2D eigenvalue weighted by Crippen LogP contribution is 2.49. The molecule has 4 aliphatic heterocycles. The number of halogens is 1. The number of hydrogen-bond acceptors (Lipinski definition) is 29. The standard InChI is InChI=1S/C65H91IN4O24S3/c1-13-68-38-30-87-45(28-42(38)82-8)92-57-52(76)50(70-94-46-27-39(71)59(34(5)88-46)96-61(80)47-31(2)49(66)55(58(86-12)54(47)84-10)93-62-53(77)56(85-11)51(75)33(4)90-62)32(3)89-63(57)91-41-18-16-14-15-17-22-65(81)29-40(72)35(26-44(74)83-9)48(41)36(65)21-25-95-97-64(6,7)23-24-69-43(73)20-19-37(67)60(78)79/h14-15,21,32-34,37-39,41-42,45-46,50-53,56-57,59,62-63,68,70-71,75-77,81H,13,19-20,23-30,67H2,1-12H3,(H,69,73)(H,78,79)/b15-14-,36-21+/t32-,33+,34-,37+,38+,39+,41+,42+,45+,46+,50-,51+,52-,53-,56-,57-,59-,62+,63+,65+/m1/s1. The fourth-order valence-electron chi connectivity index (χ4n) is 11.9. The molecule has 11 N–H and O–H groups in total. The molecule has 0 spiro atoms. The molecule has 2 aliphatic carbocycles. The first-order chi connectivity index (χ1) is 46.0. The molecule has 1 aromatic rings. The van der Waals surface area contributed by atoms with Crippen molar-refractivity contribution in [3.05, 3.63) is 49.6 Å². The third-order valence-corrected chi connectivity index (χ3v) is 23.1. The number of aliphatic hydroxyl groups is 5. The van der Waals surface area contributed by atoms with Crippen LogP contribution in [0.3, 0.4) is 0 Å². The summed E-state index contributed by atoms with van der Waals surface area (Å²) in [5.74, 6) is 9.01. The maximum Gasteiger partial charge on any atom is 0.320 e. The number of fused-ring (bicyclic) bond motifs is 2. The van der Waals surface area contributed by atoms with E-state index in [1.54, 1.807) is 40.9 Å². The number of esters is 1. The molecule has 0 saturated carbocycles. The van der Waals surface area contributed by atoms with E-state index in [0.717, 1.165) is 11.8 Å². The number of ether oxygens (including phenoxy) is 12. The number of carboxylic acids is 1. The number of nitrogens with two attached hydrogens (primary N) is 1. The van der Waals surface area contributed by atoms with Gasteiger partial charge in [-0.3, -0.25) is 28.8 Å². The second-order valence-corrected chi connectivity index (χ2v) is 29.8. The highest BCUT2D eigenvalue weighted by atomic mass is 127. The molecule has 28 nitrogen and oxygen atoms in total. The maximum atomic E-state index is 14.5. The van der Waals surface area contributed by atoms with Crippen LogP contribution in [0.2, 0.25) is 0 Å².